The number of rotatable bonds is 2. The lowest BCUT2D eigenvalue weighted by molar-refractivity contribution is -0.139. The van der Waals surface area contributed by atoms with Crippen molar-refractivity contribution in [3.63, 3.8) is 0 Å². The van der Waals surface area contributed by atoms with Gasteiger partial charge in [-0.05, 0) is 23.1 Å². The molecule has 0 radical (unpaired) electrons. The fraction of sp³-hybridized carbons (Fsp3) is 0.200. The van der Waals surface area contributed by atoms with Gasteiger partial charge < -0.3 is 4.74 Å². The minimum atomic E-state index is -0.235. The number of hydrogen-bond donors (Lipinski definition) is 0. The first-order valence-corrected chi connectivity index (χ1v) is 5.06. The Balaban J connectivity index is 2.30. The zero-order valence-electron chi connectivity index (χ0n) is 7.69. The van der Waals surface area contributed by atoms with Crippen LogP contribution in [-0.2, 0) is 16.0 Å². The maximum atomic E-state index is 11.0. The van der Waals surface area contributed by atoms with Gasteiger partial charge >= 0.3 is 5.97 Å². The molecule has 0 aliphatic rings. The Bertz CT molecular complexity index is 464. The lowest BCUT2D eigenvalue weighted by Crippen LogP contribution is -2.04. The van der Waals surface area contributed by atoms with E-state index in [4.69, 9.17) is 0 Å². The van der Waals surface area contributed by atoms with Crippen LogP contribution in [0.2, 0.25) is 0 Å². The maximum Gasteiger partial charge on any atom is 0.310 e. The highest BCUT2D eigenvalue weighted by molar-refractivity contribution is 7.16. The molecular weight excluding hydrogens is 198 g/mol. The van der Waals surface area contributed by atoms with Crippen molar-refractivity contribution in [1.29, 1.82) is 0 Å². The van der Waals surface area contributed by atoms with E-state index in [9.17, 15) is 4.79 Å². The fourth-order valence-corrected chi connectivity index (χ4v) is 1.96. The molecule has 0 N–H and O–H groups in total. The van der Waals surface area contributed by atoms with Crippen LogP contribution in [0, 0.1) is 0 Å². The van der Waals surface area contributed by atoms with Crippen LogP contribution in [0.3, 0.4) is 0 Å². The van der Waals surface area contributed by atoms with Gasteiger partial charge in [0.25, 0.3) is 0 Å². The summed E-state index contributed by atoms with van der Waals surface area (Å²) < 4.78 is 4.58. The molecule has 0 aliphatic carbocycles. The molecule has 2 rings (SSSR count). The van der Waals surface area contributed by atoms with Crippen molar-refractivity contribution in [2.45, 2.75) is 6.42 Å². The number of thiophene rings is 1. The molecule has 14 heavy (non-hydrogen) atoms. The van der Waals surface area contributed by atoms with E-state index in [2.05, 4.69) is 9.72 Å². The van der Waals surface area contributed by atoms with Gasteiger partial charge in [-0.3, -0.25) is 4.79 Å². The van der Waals surface area contributed by atoms with Crippen LogP contribution in [0.1, 0.15) is 5.56 Å². The van der Waals surface area contributed by atoms with E-state index in [1.807, 2.05) is 17.5 Å². The second-order valence-corrected chi connectivity index (χ2v) is 3.81. The van der Waals surface area contributed by atoms with Crippen molar-refractivity contribution < 1.29 is 9.53 Å². The number of pyridine rings is 1. The van der Waals surface area contributed by atoms with Crippen LogP contribution >= 0.6 is 11.3 Å². The Morgan fingerprint density at radius 1 is 1.64 bits per heavy atom. The first kappa shape index (κ1) is 9.15. The number of hydrogen-bond acceptors (Lipinski definition) is 4. The van der Waals surface area contributed by atoms with Gasteiger partial charge in [0, 0.05) is 11.6 Å². The van der Waals surface area contributed by atoms with Crippen LogP contribution in [0.5, 0.6) is 0 Å². The summed E-state index contributed by atoms with van der Waals surface area (Å²) in [5.74, 6) is -0.235. The molecule has 0 aliphatic heterocycles. The van der Waals surface area contributed by atoms with Gasteiger partial charge in [0.05, 0.1) is 13.5 Å². The van der Waals surface area contributed by atoms with Crippen LogP contribution < -0.4 is 0 Å². The summed E-state index contributed by atoms with van der Waals surface area (Å²) in [6.45, 7) is 0. The molecule has 0 spiro atoms. The molecule has 0 bridgehead atoms. The van der Waals surface area contributed by atoms with Crippen molar-refractivity contribution in [3.05, 3.63) is 29.3 Å². The molecule has 0 atom stereocenters. The zero-order chi connectivity index (χ0) is 9.97. The quantitative estimate of drug-likeness (QED) is 0.707. The number of carbonyl (C=O) groups excluding carboxylic acids is 1. The second kappa shape index (κ2) is 3.75. The van der Waals surface area contributed by atoms with Gasteiger partial charge in [-0.15, -0.1) is 11.3 Å². The minimum absolute atomic E-state index is 0.235. The Kier molecular flexibility index (Phi) is 2.45. The molecule has 0 fully saturated rings. The molecule has 2 aromatic rings. The van der Waals surface area contributed by atoms with Crippen molar-refractivity contribution in [3.8, 4) is 0 Å². The smallest absolute Gasteiger partial charge is 0.310 e. The van der Waals surface area contributed by atoms with Crippen molar-refractivity contribution in [2.75, 3.05) is 7.11 Å². The van der Waals surface area contributed by atoms with E-state index in [0.717, 1.165) is 15.8 Å². The second-order valence-electron chi connectivity index (χ2n) is 2.91. The molecule has 0 aromatic carbocycles. The molecule has 0 amide bonds. The molecule has 4 heteroatoms. The normalized spacial score (nSPS) is 10.4. The largest absolute Gasteiger partial charge is 0.469 e. The fourth-order valence-electron chi connectivity index (χ4n) is 1.24. The van der Waals surface area contributed by atoms with Crippen LogP contribution in [0.15, 0.2) is 23.7 Å². The Labute approximate surface area is 85.3 Å². The van der Waals surface area contributed by atoms with Gasteiger partial charge in [-0.2, -0.15) is 0 Å². The predicted octanol–water partition coefficient (Wildman–Crippen LogP) is 2.01. The topological polar surface area (TPSA) is 39.2 Å². The van der Waals surface area contributed by atoms with Gasteiger partial charge in [-0.1, -0.05) is 0 Å². The third-order valence-electron chi connectivity index (χ3n) is 1.94. The van der Waals surface area contributed by atoms with Gasteiger partial charge in [0.1, 0.15) is 4.83 Å². The summed E-state index contributed by atoms with van der Waals surface area (Å²) in [7, 11) is 1.39. The van der Waals surface area contributed by atoms with Crippen molar-refractivity contribution >= 4 is 27.5 Å². The highest BCUT2D eigenvalue weighted by Crippen LogP contribution is 2.19. The highest BCUT2D eigenvalue weighted by atomic mass is 32.1. The zero-order valence-corrected chi connectivity index (χ0v) is 8.50. The standard InChI is InChI=1S/C10H9NO2S/c1-13-9(12)5-7-4-8-2-3-14-10(8)11-6-7/h2-4,6H,5H2,1H3. The first-order valence-electron chi connectivity index (χ1n) is 4.18. The SMILES string of the molecule is COC(=O)Cc1cnc2sccc2c1. The Morgan fingerprint density at radius 3 is 3.29 bits per heavy atom. The van der Waals surface area contributed by atoms with Gasteiger partial charge in [0.2, 0.25) is 0 Å². The average Bonchev–Trinajstić information content (AvgIpc) is 2.64. The van der Waals surface area contributed by atoms with Crippen LogP contribution in [0.4, 0.5) is 0 Å². The molecular formula is C10H9NO2S. The summed E-state index contributed by atoms with van der Waals surface area (Å²) in [5.41, 5.74) is 0.891. The number of esters is 1. The van der Waals surface area contributed by atoms with Crippen molar-refractivity contribution in [1.82, 2.24) is 4.98 Å². The molecule has 72 valence electrons. The minimum Gasteiger partial charge on any atom is -0.469 e. The summed E-state index contributed by atoms with van der Waals surface area (Å²) in [6, 6.07) is 3.96. The predicted molar refractivity (Wildman–Crippen MR) is 55.3 cm³/mol. The van der Waals surface area contributed by atoms with Crippen molar-refractivity contribution in [2.24, 2.45) is 0 Å². The van der Waals surface area contributed by atoms with E-state index in [1.165, 1.54) is 7.11 Å². The molecule has 0 saturated heterocycles. The highest BCUT2D eigenvalue weighted by Gasteiger charge is 2.04. The monoisotopic (exact) mass is 207 g/mol. The number of nitrogens with zero attached hydrogens (tertiary/aromatic N) is 1. The molecule has 0 unspecified atom stereocenters. The number of aromatic nitrogens is 1. The lowest BCUT2D eigenvalue weighted by Gasteiger charge is -1.98. The van der Waals surface area contributed by atoms with Crippen LogP contribution in [0.25, 0.3) is 10.2 Å². The average molecular weight is 207 g/mol. The molecule has 2 aromatic heterocycles. The summed E-state index contributed by atoms with van der Waals surface area (Å²) in [5, 5.41) is 3.07. The van der Waals surface area contributed by atoms with E-state index in [-0.39, 0.29) is 12.4 Å². The molecule has 3 nitrogen and oxygen atoms in total. The molecule has 2 heterocycles. The van der Waals surface area contributed by atoms with Crippen LogP contribution in [-0.4, -0.2) is 18.1 Å². The van der Waals surface area contributed by atoms with Gasteiger partial charge in [-0.25, -0.2) is 4.98 Å². The number of carbonyl (C=O) groups is 1. The number of fused-ring (bicyclic) bond motifs is 1. The summed E-state index contributed by atoms with van der Waals surface area (Å²) in [4.78, 5) is 16.2. The summed E-state index contributed by atoms with van der Waals surface area (Å²) >= 11 is 1.59. The summed E-state index contributed by atoms with van der Waals surface area (Å²) in [6.07, 6.45) is 2.00. The number of ether oxygens (including phenoxy) is 1. The third-order valence-corrected chi connectivity index (χ3v) is 2.78. The third kappa shape index (κ3) is 1.75. The van der Waals surface area contributed by atoms with Gasteiger partial charge in [0.15, 0.2) is 0 Å². The van der Waals surface area contributed by atoms with E-state index >= 15 is 0 Å². The molecule has 0 saturated carbocycles. The first-order chi connectivity index (χ1) is 6.79. The van der Waals surface area contributed by atoms with E-state index in [0.29, 0.717) is 0 Å². The maximum absolute atomic E-state index is 11.0. The lowest BCUT2D eigenvalue weighted by atomic mass is 10.2. The Hall–Kier alpha value is -1.42. The van der Waals surface area contributed by atoms with E-state index < -0.39 is 0 Å². The van der Waals surface area contributed by atoms with E-state index in [1.54, 1.807) is 17.5 Å². The number of methoxy groups -OCH3 is 1. The Morgan fingerprint density at radius 2 is 2.50 bits per heavy atom.